The van der Waals surface area contributed by atoms with Crippen LogP contribution in [0.5, 0.6) is 0 Å². The molecule has 0 aromatic heterocycles. The van der Waals surface area contributed by atoms with Gasteiger partial charge in [-0.2, -0.15) is 13.2 Å². The van der Waals surface area contributed by atoms with Crippen LogP contribution < -0.4 is 5.32 Å². The minimum absolute atomic E-state index is 0.312. The number of nitrogens with one attached hydrogen (secondary N) is 1. The second kappa shape index (κ2) is 5.78. The van der Waals surface area contributed by atoms with Crippen LogP contribution in [-0.2, 0) is 16.0 Å². The fourth-order valence-corrected chi connectivity index (χ4v) is 1.84. The van der Waals surface area contributed by atoms with Crippen molar-refractivity contribution in [2.24, 2.45) is 0 Å². The predicted molar refractivity (Wildman–Crippen MR) is 63.4 cm³/mol. The van der Waals surface area contributed by atoms with Gasteiger partial charge in [-0.3, -0.25) is 4.79 Å². The number of alkyl halides is 3. The van der Waals surface area contributed by atoms with E-state index in [0.29, 0.717) is 6.07 Å². The van der Waals surface area contributed by atoms with Gasteiger partial charge in [0.05, 0.1) is 16.9 Å². The minimum Gasteiger partial charge on any atom is -0.351 e. The molecule has 20 heavy (non-hydrogen) atoms. The normalized spacial score (nSPS) is 12.2. The van der Waals surface area contributed by atoms with Gasteiger partial charge in [-0.1, -0.05) is 6.07 Å². The lowest BCUT2D eigenvalue weighted by atomic mass is 10.1. The summed E-state index contributed by atoms with van der Waals surface area (Å²) in [6.45, 7) is -0.312. The van der Waals surface area contributed by atoms with Gasteiger partial charge < -0.3 is 5.32 Å². The van der Waals surface area contributed by atoms with Gasteiger partial charge in [0.2, 0.25) is 0 Å². The van der Waals surface area contributed by atoms with Gasteiger partial charge in [-0.25, -0.2) is 12.8 Å². The summed E-state index contributed by atoms with van der Waals surface area (Å²) in [6, 6.07) is 2.31. The molecule has 0 spiro atoms. The molecule has 0 aliphatic heterocycles. The van der Waals surface area contributed by atoms with E-state index < -0.39 is 38.9 Å². The van der Waals surface area contributed by atoms with Crippen molar-refractivity contribution in [1.29, 1.82) is 0 Å². The highest BCUT2D eigenvalue weighted by molar-refractivity contribution is 7.90. The quantitative estimate of drug-likeness (QED) is 0.859. The third kappa shape index (κ3) is 4.48. The van der Waals surface area contributed by atoms with Gasteiger partial charge in [0.1, 0.15) is 15.7 Å². The number of benzene rings is 1. The van der Waals surface area contributed by atoms with E-state index in [2.05, 4.69) is 0 Å². The van der Waals surface area contributed by atoms with Crippen molar-refractivity contribution in [3.8, 4) is 0 Å². The van der Waals surface area contributed by atoms with E-state index in [1.807, 2.05) is 5.32 Å². The van der Waals surface area contributed by atoms with Crippen LogP contribution in [0.1, 0.15) is 15.9 Å². The first-order chi connectivity index (χ1) is 9.02. The zero-order valence-corrected chi connectivity index (χ0v) is 11.1. The molecule has 0 bridgehead atoms. The van der Waals surface area contributed by atoms with Crippen molar-refractivity contribution >= 4 is 15.7 Å². The second-order valence-corrected chi connectivity index (χ2v) is 6.31. The molecule has 0 heterocycles. The van der Waals surface area contributed by atoms with E-state index in [1.165, 1.54) is 0 Å². The van der Waals surface area contributed by atoms with Crippen molar-refractivity contribution in [3.63, 3.8) is 0 Å². The second-order valence-electron chi connectivity index (χ2n) is 4.05. The van der Waals surface area contributed by atoms with Crippen LogP contribution in [0.4, 0.5) is 17.6 Å². The predicted octanol–water partition coefficient (Wildman–Crippen LogP) is 1.62. The number of carbonyl (C=O) groups is 1. The molecule has 1 aromatic carbocycles. The van der Waals surface area contributed by atoms with Crippen LogP contribution in [-0.4, -0.2) is 32.9 Å². The average Bonchev–Trinajstić information content (AvgIpc) is 2.25. The number of halogens is 4. The van der Waals surface area contributed by atoms with Crippen molar-refractivity contribution in [2.45, 2.75) is 6.18 Å². The lowest BCUT2D eigenvalue weighted by Crippen LogP contribution is -2.30. The molecule has 112 valence electrons. The van der Waals surface area contributed by atoms with Gasteiger partial charge in [0.15, 0.2) is 0 Å². The number of hydrogen-bond donors (Lipinski definition) is 1. The van der Waals surface area contributed by atoms with Gasteiger partial charge in [0.25, 0.3) is 5.91 Å². The maximum Gasteiger partial charge on any atom is 0.419 e. The summed E-state index contributed by atoms with van der Waals surface area (Å²) in [7, 11) is -3.33. The maximum absolute atomic E-state index is 13.6. The first kappa shape index (κ1) is 16.4. The molecule has 0 unspecified atom stereocenters. The van der Waals surface area contributed by atoms with Crippen LogP contribution in [0, 0.1) is 5.82 Å². The molecule has 4 nitrogen and oxygen atoms in total. The number of hydrogen-bond acceptors (Lipinski definition) is 3. The molecule has 0 aliphatic rings. The largest absolute Gasteiger partial charge is 0.419 e. The minimum atomic E-state index is -4.91. The molecule has 0 fully saturated rings. The SMILES string of the molecule is CS(=O)(=O)CCNC(=O)c1cccc(C(F)(F)F)c1F. The summed E-state index contributed by atoms with van der Waals surface area (Å²) in [5, 5.41) is 2.05. The number of rotatable bonds is 4. The van der Waals surface area contributed by atoms with E-state index in [9.17, 15) is 30.8 Å². The van der Waals surface area contributed by atoms with E-state index in [1.54, 1.807) is 0 Å². The Morgan fingerprint density at radius 3 is 2.40 bits per heavy atom. The van der Waals surface area contributed by atoms with Crippen LogP contribution in [0.15, 0.2) is 18.2 Å². The van der Waals surface area contributed by atoms with Gasteiger partial charge in [-0.05, 0) is 12.1 Å². The van der Waals surface area contributed by atoms with Gasteiger partial charge in [0, 0.05) is 12.8 Å². The summed E-state index contributed by atoms with van der Waals surface area (Å²) in [5.74, 6) is -3.17. The van der Waals surface area contributed by atoms with Crippen LogP contribution >= 0.6 is 0 Å². The zero-order chi connectivity index (χ0) is 15.6. The number of sulfone groups is 1. The molecule has 0 saturated carbocycles. The van der Waals surface area contributed by atoms with Crippen molar-refractivity contribution in [3.05, 3.63) is 35.1 Å². The highest BCUT2D eigenvalue weighted by Crippen LogP contribution is 2.32. The molecule has 9 heteroatoms. The van der Waals surface area contributed by atoms with Crippen LogP contribution in [0.25, 0.3) is 0 Å². The summed E-state index contributed by atoms with van der Waals surface area (Å²) in [4.78, 5) is 11.5. The Balaban J connectivity index is 2.90. The monoisotopic (exact) mass is 313 g/mol. The molecule has 1 rings (SSSR count). The Morgan fingerprint density at radius 2 is 1.90 bits per heavy atom. The third-order valence-corrected chi connectivity index (χ3v) is 3.25. The summed E-state index contributed by atoms with van der Waals surface area (Å²) in [6.07, 6.45) is -3.98. The first-order valence-corrected chi connectivity index (χ1v) is 7.40. The molecule has 1 amide bonds. The van der Waals surface area contributed by atoms with E-state index in [4.69, 9.17) is 0 Å². The van der Waals surface area contributed by atoms with Crippen molar-refractivity contribution in [1.82, 2.24) is 5.32 Å². The standard InChI is InChI=1S/C11H11F4NO3S/c1-20(18,19)6-5-16-10(17)7-3-2-4-8(9(7)12)11(13,14)15/h2-4H,5-6H2,1H3,(H,16,17). The summed E-state index contributed by atoms with van der Waals surface area (Å²) < 4.78 is 72.6. The van der Waals surface area contributed by atoms with E-state index >= 15 is 0 Å². The third-order valence-electron chi connectivity index (χ3n) is 2.31. The topological polar surface area (TPSA) is 63.2 Å². The Bertz CT molecular complexity index is 611. The smallest absolute Gasteiger partial charge is 0.351 e. The zero-order valence-electron chi connectivity index (χ0n) is 10.3. The Morgan fingerprint density at radius 1 is 1.30 bits per heavy atom. The van der Waals surface area contributed by atoms with Crippen molar-refractivity contribution < 1.29 is 30.8 Å². The first-order valence-electron chi connectivity index (χ1n) is 5.34. The lowest BCUT2D eigenvalue weighted by Gasteiger charge is -2.11. The molecule has 1 aromatic rings. The molecular weight excluding hydrogens is 302 g/mol. The number of amides is 1. The molecule has 0 atom stereocenters. The molecule has 0 radical (unpaired) electrons. The Kier molecular flexibility index (Phi) is 4.74. The summed E-state index contributed by atoms with van der Waals surface area (Å²) >= 11 is 0. The van der Waals surface area contributed by atoms with Crippen LogP contribution in [0.2, 0.25) is 0 Å². The lowest BCUT2D eigenvalue weighted by molar-refractivity contribution is -0.140. The van der Waals surface area contributed by atoms with Gasteiger partial charge >= 0.3 is 6.18 Å². The fraction of sp³-hybridized carbons (Fsp3) is 0.364. The van der Waals surface area contributed by atoms with E-state index in [-0.39, 0.29) is 12.3 Å². The molecular formula is C11H11F4NO3S. The van der Waals surface area contributed by atoms with Crippen molar-refractivity contribution in [2.75, 3.05) is 18.6 Å². The highest BCUT2D eigenvalue weighted by atomic mass is 32.2. The molecule has 0 saturated heterocycles. The fourth-order valence-electron chi connectivity index (χ4n) is 1.37. The van der Waals surface area contributed by atoms with Gasteiger partial charge in [-0.15, -0.1) is 0 Å². The Hall–Kier alpha value is -1.64. The Labute approximate surface area is 112 Å². The number of carbonyl (C=O) groups excluding carboxylic acids is 1. The van der Waals surface area contributed by atoms with Crippen LogP contribution in [0.3, 0.4) is 0 Å². The van der Waals surface area contributed by atoms with E-state index in [0.717, 1.165) is 18.4 Å². The summed E-state index contributed by atoms with van der Waals surface area (Å²) in [5.41, 5.74) is -2.33. The maximum atomic E-state index is 13.6. The average molecular weight is 313 g/mol. The molecule has 1 N–H and O–H groups in total. The molecule has 0 aliphatic carbocycles. The highest BCUT2D eigenvalue weighted by Gasteiger charge is 2.35.